The minimum atomic E-state index is -3.83. The highest BCUT2D eigenvalue weighted by molar-refractivity contribution is 8.11. The van der Waals surface area contributed by atoms with E-state index in [1.807, 2.05) is 13.8 Å². The number of nitrogens with zero attached hydrogens (tertiary/aromatic N) is 1. The fourth-order valence-corrected chi connectivity index (χ4v) is 2.11. The zero-order valence-electron chi connectivity index (χ0n) is 8.39. The molecule has 0 aromatic heterocycles. The molecule has 0 saturated heterocycles. The minimum absolute atomic E-state index is 0.178. The Bertz CT molecular complexity index is 434. The minimum Gasteiger partial charge on any atom is -0.476 e. The van der Waals surface area contributed by atoms with Crippen LogP contribution in [-0.2, 0) is 14.6 Å². The Morgan fingerprint density at radius 2 is 2.20 bits per heavy atom. The summed E-state index contributed by atoms with van der Waals surface area (Å²) in [7, 11) is -3.83. The van der Waals surface area contributed by atoms with Crippen molar-refractivity contribution in [3.8, 4) is 0 Å². The molecule has 0 saturated carbocycles. The fraction of sp³-hybridized carbons (Fsp3) is 0.500. The molecule has 0 aliphatic carbocycles. The molecule has 0 bridgehead atoms. The molecule has 2 N–H and O–H groups in total. The van der Waals surface area contributed by atoms with Gasteiger partial charge < -0.3 is 10.4 Å². The van der Waals surface area contributed by atoms with Crippen molar-refractivity contribution in [2.75, 3.05) is 6.54 Å². The second-order valence-corrected chi connectivity index (χ2v) is 5.12. The van der Waals surface area contributed by atoms with E-state index in [1.54, 1.807) is 0 Å². The Kier molecular flexibility index (Phi) is 3.25. The summed E-state index contributed by atoms with van der Waals surface area (Å²) in [5.74, 6) is -1.52. The number of aliphatic carboxylic acids is 1. The summed E-state index contributed by atoms with van der Waals surface area (Å²) >= 11 is 0. The van der Waals surface area contributed by atoms with Gasteiger partial charge >= 0.3 is 5.97 Å². The Morgan fingerprint density at radius 3 is 2.60 bits per heavy atom. The molecule has 84 valence electrons. The average molecular weight is 232 g/mol. The first kappa shape index (κ1) is 11.9. The van der Waals surface area contributed by atoms with Crippen molar-refractivity contribution in [3.05, 3.63) is 11.1 Å². The lowest BCUT2D eigenvalue weighted by molar-refractivity contribution is -0.129. The van der Waals surface area contributed by atoms with Crippen LogP contribution in [0.4, 0.5) is 0 Å². The average Bonchev–Trinajstić information content (AvgIpc) is 2.37. The van der Waals surface area contributed by atoms with Crippen LogP contribution in [-0.4, -0.2) is 37.1 Å². The Hall–Kier alpha value is -1.21. The standard InChI is InChI=1S/C8H12N2O4S/c1-5(2)9-3-6-4-15(13,14)7(10-6)8(11)12/h4-5,9H,3H2,1-2H3,(H,11,12). The van der Waals surface area contributed by atoms with Crippen LogP contribution in [0.2, 0.25) is 0 Å². The van der Waals surface area contributed by atoms with E-state index >= 15 is 0 Å². The van der Waals surface area contributed by atoms with E-state index in [2.05, 4.69) is 10.3 Å². The molecule has 1 aliphatic rings. The van der Waals surface area contributed by atoms with E-state index in [0.29, 0.717) is 0 Å². The summed E-state index contributed by atoms with van der Waals surface area (Å²) in [6.45, 7) is 4.03. The van der Waals surface area contributed by atoms with Gasteiger partial charge in [0.1, 0.15) is 0 Å². The van der Waals surface area contributed by atoms with Gasteiger partial charge in [0, 0.05) is 12.6 Å². The number of rotatable bonds is 4. The van der Waals surface area contributed by atoms with Gasteiger partial charge in [0.15, 0.2) is 0 Å². The third kappa shape index (κ3) is 2.87. The first-order valence-electron chi connectivity index (χ1n) is 4.34. The Balaban J connectivity index is 2.84. The number of hydrogen-bond donors (Lipinski definition) is 2. The van der Waals surface area contributed by atoms with Crippen molar-refractivity contribution in [2.45, 2.75) is 19.9 Å². The van der Waals surface area contributed by atoms with E-state index in [9.17, 15) is 13.2 Å². The molecule has 1 heterocycles. The highest BCUT2D eigenvalue weighted by Gasteiger charge is 2.30. The summed E-state index contributed by atoms with van der Waals surface area (Å²) in [6, 6.07) is 0.178. The van der Waals surface area contributed by atoms with E-state index in [-0.39, 0.29) is 18.3 Å². The van der Waals surface area contributed by atoms with E-state index in [4.69, 9.17) is 5.11 Å². The predicted octanol–water partition coefficient (Wildman–Crippen LogP) is -0.263. The van der Waals surface area contributed by atoms with Crippen LogP contribution in [0.25, 0.3) is 0 Å². The Morgan fingerprint density at radius 1 is 1.60 bits per heavy atom. The maximum absolute atomic E-state index is 11.2. The van der Waals surface area contributed by atoms with Crippen LogP contribution in [0.1, 0.15) is 13.8 Å². The number of carboxylic acids is 1. The molecule has 0 unspecified atom stereocenters. The van der Waals surface area contributed by atoms with Crippen LogP contribution < -0.4 is 5.32 Å². The smallest absolute Gasteiger partial charge is 0.366 e. The maximum Gasteiger partial charge on any atom is 0.366 e. The molecule has 1 rings (SSSR count). The number of carboxylic acid groups (broad SMARTS) is 1. The third-order valence-electron chi connectivity index (χ3n) is 1.68. The molecule has 6 nitrogen and oxygen atoms in total. The number of hydrogen-bond acceptors (Lipinski definition) is 5. The van der Waals surface area contributed by atoms with Gasteiger partial charge in [0.05, 0.1) is 11.1 Å². The molecular weight excluding hydrogens is 220 g/mol. The lowest BCUT2D eigenvalue weighted by Gasteiger charge is -2.05. The number of sulfone groups is 1. The summed E-state index contributed by atoms with van der Waals surface area (Å²) in [4.78, 5) is 14.1. The monoisotopic (exact) mass is 232 g/mol. The van der Waals surface area contributed by atoms with Crippen molar-refractivity contribution >= 4 is 20.9 Å². The first-order chi connectivity index (χ1) is 6.83. The lowest BCUT2D eigenvalue weighted by Crippen LogP contribution is -2.24. The molecule has 15 heavy (non-hydrogen) atoms. The van der Waals surface area contributed by atoms with E-state index in [0.717, 1.165) is 5.41 Å². The molecule has 0 atom stereocenters. The molecule has 0 fully saturated rings. The summed E-state index contributed by atoms with van der Waals surface area (Å²) in [5, 5.41) is 11.6. The topological polar surface area (TPSA) is 95.8 Å². The summed E-state index contributed by atoms with van der Waals surface area (Å²) in [5.41, 5.74) is 0.223. The molecule has 7 heteroatoms. The van der Waals surface area contributed by atoms with E-state index in [1.165, 1.54) is 0 Å². The maximum atomic E-state index is 11.2. The molecule has 1 aliphatic heterocycles. The number of nitrogens with one attached hydrogen (secondary N) is 1. The lowest BCUT2D eigenvalue weighted by atomic mass is 10.4. The van der Waals surface area contributed by atoms with Gasteiger partial charge in [0.2, 0.25) is 14.9 Å². The zero-order valence-corrected chi connectivity index (χ0v) is 9.21. The van der Waals surface area contributed by atoms with Gasteiger partial charge in [-0.1, -0.05) is 13.8 Å². The van der Waals surface area contributed by atoms with Crippen LogP contribution in [0.3, 0.4) is 0 Å². The van der Waals surface area contributed by atoms with Crippen LogP contribution in [0, 0.1) is 0 Å². The second kappa shape index (κ2) is 4.11. The third-order valence-corrected chi connectivity index (χ3v) is 3.07. The molecule has 0 amide bonds. The van der Waals surface area contributed by atoms with Gasteiger partial charge in [-0.25, -0.2) is 18.2 Å². The molecule has 0 aromatic carbocycles. The predicted molar refractivity (Wildman–Crippen MR) is 55.2 cm³/mol. The normalized spacial score (nSPS) is 18.9. The van der Waals surface area contributed by atoms with Crippen LogP contribution in [0.15, 0.2) is 16.1 Å². The summed E-state index contributed by atoms with van der Waals surface area (Å²) in [6.07, 6.45) is 0. The van der Waals surface area contributed by atoms with Gasteiger partial charge in [-0.15, -0.1) is 0 Å². The first-order valence-corrected chi connectivity index (χ1v) is 5.88. The van der Waals surface area contributed by atoms with Crippen molar-refractivity contribution in [1.29, 1.82) is 0 Å². The highest BCUT2D eigenvalue weighted by atomic mass is 32.2. The van der Waals surface area contributed by atoms with Gasteiger partial charge in [0.25, 0.3) is 0 Å². The van der Waals surface area contributed by atoms with Crippen molar-refractivity contribution in [2.24, 2.45) is 4.99 Å². The molecule has 0 spiro atoms. The van der Waals surface area contributed by atoms with Gasteiger partial charge in [-0.05, 0) is 0 Å². The molecule has 0 aromatic rings. The number of carbonyl (C=O) groups is 1. The highest BCUT2D eigenvalue weighted by Crippen LogP contribution is 2.14. The molecule has 0 radical (unpaired) electrons. The van der Waals surface area contributed by atoms with Crippen molar-refractivity contribution < 1.29 is 18.3 Å². The largest absolute Gasteiger partial charge is 0.476 e. The fourth-order valence-electron chi connectivity index (χ4n) is 1.01. The van der Waals surface area contributed by atoms with Crippen molar-refractivity contribution in [1.82, 2.24) is 5.32 Å². The SMILES string of the molecule is CC(C)NCC1=CS(=O)(=O)C(C(=O)O)=N1. The number of aliphatic imine (C=N–C) groups is 1. The Labute approximate surface area is 87.6 Å². The van der Waals surface area contributed by atoms with Gasteiger partial charge in [-0.3, -0.25) is 0 Å². The summed E-state index contributed by atoms with van der Waals surface area (Å²) < 4.78 is 22.5. The zero-order chi connectivity index (χ0) is 11.6. The van der Waals surface area contributed by atoms with E-state index < -0.39 is 20.9 Å². The van der Waals surface area contributed by atoms with Crippen LogP contribution in [0.5, 0.6) is 0 Å². The van der Waals surface area contributed by atoms with Gasteiger partial charge in [-0.2, -0.15) is 0 Å². The van der Waals surface area contributed by atoms with Crippen molar-refractivity contribution in [3.63, 3.8) is 0 Å². The molecular formula is C8H12N2O4S. The second-order valence-electron chi connectivity index (χ2n) is 3.41. The quantitative estimate of drug-likeness (QED) is 0.696. The van der Waals surface area contributed by atoms with Crippen LogP contribution >= 0.6 is 0 Å².